The molecule has 1 amide bonds. The molecule has 4 heteroatoms. The number of carbonyl (C=O) groups excluding carboxylic acids is 1. The van der Waals surface area contributed by atoms with Crippen molar-refractivity contribution in [2.45, 2.75) is 18.7 Å². The predicted molar refractivity (Wildman–Crippen MR) is 78.5 cm³/mol. The normalized spacial score (nSPS) is 21.4. The number of rotatable bonds is 4. The van der Waals surface area contributed by atoms with Crippen LogP contribution in [0.1, 0.15) is 17.2 Å². The summed E-state index contributed by atoms with van der Waals surface area (Å²) in [6, 6.07) is 19.2. The Balaban J connectivity index is 1.90. The highest BCUT2D eigenvalue weighted by Gasteiger charge is 2.42. The molecule has 2 aromatic carbocycles. The lowest BCUT2D eigenvalue weighted by atomic mass is 10.0. The molecule has 4 nitrogen and oxygen atoms in total. The van der Waals surface area contributed by atoms with Crippen LogP contribution in [0.25, 0.3) is 0 Å². The quantitative estimate of drug-likeness (QED) is 0.938. The number of aliphatic hydroxyl groups is 1. The first-order chi connectivity index (χ1) is 10.3. The van der Waals surface area contributed by atoms with E-state index in [0.29, 0.717) is 6.54 Å². The van der Waals surface area contributed by atoms with Crippen molar-refractivity contribution in [3.8, 4) is 0 Å². The summed E-state index contributed by atoms with van der Waals surface area (Å²) in [5.41, 5.74) is 2.01. The Labute approximate surface area is 123 Å². The maximum Gasteiger partial charge on any atom is 0.411 e. The van der Waals surface area contributed by atoms with E-state index < -0.39 is 6.10 Å². The number of ether oxygens (including phenoxy) is 1. The minimum Gasteiger partial charge on any atom is -0.441 e. The molecule has 0 unspecified atom stereocenters. The number of cyclic esters (lactones) is 1. The lowest BCUT2D eigenvalue weighted by Gasteiger charge is -2.24. The van der Waals surface area contributed by atoms with E-state index in [9.17, 15) is 9.90 Å². The van der Waals surface area contributed by atoms with Crippen LogP contribution in [-0.2, 0) is 11.3 Å². The van der Waals surface area contributed by atoms with Crippen molar-refractivity contribution >= 4 is 6.09 Å². The van der Waals surface area contributed by atoms with E-state index in [1.165, 1.54) is 0 Å². The second-order valence-electron chi connectivity index (χ2n) is 5.07. The van der Waals surface area contributed by atoms with Crippen LogP contribution in [0.4, 0.5) is 4.79 Å². The average Bonchev–Trinajstić information content (AvgIpc) is 2.85. The van der Waals surface area contributed by atoms with Gasteiger partial charge >= 0.3 is 6.09 Å². The van der Waals surface area contributed by atoms with E-state index >= 15 is 0 Å². The van der Waals surface area contributed by atoms with Crippen LogP contribution in [0.15, 0.2) is 60.7 Å². The molecule has 0 saturated carbocycles. The summed E-state index contributed by atoms with van der Waals surface area (Å²) in [5, 5.41) is 9.50. The summed E-state index contributed by atoms with van der Waals surface area (Å²) in [7, 11) is 0. The Bertz CT molecular complexity index is 600. The Morgan fingerprint density at radius 2 is 1.62 bits per heavy atom. The summed E-state index contributed by atoms with van der Waals surface area (Å²) in [5.74, 6) is 0. The fourth-order valence-electron chi connectivity index (χ4n) is 2.70. The van der Waals surface area contributed by atoms with Gasteiger partial charge in [0.25, 0.3) is 0 Å². The average molecular weight is 283 g/mol. The second kappa shape index (κ2) is 5.97. The Hall–Kier alpha value is -2.33. The van der Waals surface area contributed by atoms with Gasteiger partial charge in [0.15, 0.2) is 6.10 Å². The van der Waals surface area contributed by atoms with Gasteiger partial charge in [0.1, 0.15) is 6.04 Å². The van der Waals surface area contributed by atoms with Crippen LogP contribution < -0.4 is 0 Å². The zero-order valence-electron chi connectivity index (χ0n) is 11.6. The molecule has 0 radical (unpaired) electrons. The molecule has 1 N–H and O–H groups in total. The molecule has 108 valence electrons. The predicted octanol–water partition coefficient (Wildman–Crippen LogP) is 2.74. The molecule has 1 aliphatic rings. The molecule has 21 heavy (non-hydrogen) atoms. The van der Waals surface area contributed by atoms with Gasteiger partial charge in [0.2, 0.25) is 0 Å². The van der Waals surface area contributed by atoms with E-state index in [0.717, 1.165) is 11.1 Å². The molecular formula is C17H17NO3. The smallest absolute Gasteiger partial charge is 0.411 e. The summed E-state index contributed by atoms with van der Waals surface area (Å²) in [4.78, 5) is 13.8. The molecule has 1 saturated heterocycles. The van der Waals surface area contributed by atoms with Gasteiger partial charge in [-0.1, -0.05) is 60.7 Å². The molecule has 1 fully saturated rings. The number of benzene rings is 2. The van der Waals surface area contributed by atoms with Gasteiger partial charge < -0.3 is 9.84 Å². The van der Waals surface area contributed by atoms with Crippen molar-refractivity contribution in [1.29, 1.82) is 0 Å². The fourth-order valence-corrected chi connectivity index (χ4v) is 2.70. The highest BCUT2D eigenvalue weighted by molar-refractivity contribution is 5.71. The molecule has 0 spiro atoms. The third-order valence-corrected chi connectivity index (χ3v) is 3.69. The maximum absolute atomic E-state index is 12.1. The first kappa shape index (κ1) is 13.6. The Kier molecular flexibility index (Phi) is 3.88. The molecule has 1 aliphatic heterocycles. The van der Waals surface area contributed by atoms with E-state index in [1.54, 1.807) is 4.90 Å². The molecule has 2 atom stereocenters. The monoisotopic (exact) mass is 283 g/mol. The van der Waals surface area contributed by atoms with Crippen molar-refractivity contribution in [2.75, 3.05) is 6.61 Å². The molecule has 0 bridgehead atoms. The fraction of sp³-hybridized carbons (Fsp3) is 0.235. The number of carbonyl (C=O) groups is 1. The highest BCUT2D eigenvalue weighted by atomic mass is 16.6. The van der Waals surface area contributed by atoms with Gasteiger partial charge in [-0.15, -0.1) is 0 Å². The summed E-state index contributed by atoms with van der Waals surface area (Å²) < 4.78 is 5.30. The minimum absolute atomic E-state index is 0.184. The molecular weight excluding hydrogens is 266 g/mol. The van der Waals surface area contributed by atoms with Gasteiger partial charge in [-0.2, -0.15) is 0 Å². The highest BCUT2D eigenvalue weighted by Crippen LogP contribution is 2.34. The van der Waals surface area contributed by atoms with E-state index in [-0.39, 0.29) is 18.7 Å². The van der Waals surface area contributed by atoms with Crippen molar-refractivity contribution < 1.29 is 14.6 Å². The third-order valence-electron chi connectivity index (χ3n) is 3.69. The van der Waals surface area contributed by atoms with Gasteiger partial charge in [-0.25, -0.2) is 4.79 Å². The Morgan fingerprint density at radius 3 is 2.24 bits per heavy atom. The van der Waals surface area contributed by atoms with Gasteiger partial charge in [0.05, 0.1) is 6.61 Å². The molecule has 0 aromatic heterocycles. The number of hydrogen-bond donors (Lipinski definition) is 1. The second-order valence-corrected chi connectivity index (χ2v) is 5.07. The van der Waals surface area contributed by atoms with Crippen LogP contribution in [-0.4, -0.2) is 28.8 Å². The van der Waals surface area contributed by atoms with E-state index in [2.05, 4.69) is 0 Å². The molecule has 1 heterocycles. The summed E-state index contributed by atoms with van der Waals surface area (Å²) in [6.07, 6.45) is -0.907. The SMILES string of the molecule is O=C1O[C@@H](CO)[C@H](c2ccccc2)N1Cc1ccccc1. The van der Waals surface area contributed by atoms with Gasteiger partial charge in [-0.3, -0.25) is 4.90 Å². The zero-order chi connectivity index (χ0) is 14.7. The van der Waals surface area contributed by atoms with Crippen LogP contribution >= 0.6 is 0 Å². The lowest BCUT2D eigenvalue weighted by Crippen LogP contribution is -2.30. The summed E-state index contributed by atoms with van der Waals surface area (Å²) in [6.45, 7) is 0.284. The maximum atomic E-state index is 12.1. The molecule has 3 rings (SSSR count). The number of aliphatic hydroxyl groups excluding tert-OH is 1. The molecule has 0 aliphatic carbocycles. The third kappa shape index (κ3) is 2.76. The minimum atomic E-state index is -0.524. The van der Waals surface area contributed by atoms with Crippen molar-refractivity contribution in [2.24, 2.45) is 0 Å². The number of amides is 1. The molecule has 2 aromatic rings. The largest absolute Gasteiger partial charge is 0.441 e. The first-order valence-electron chi connectivity index (χ1n) is 6.96. The van der Waals surface area contributed by atoms with Gasteiger partial charge in [0, 0.05) is 6.54 Å². The zero-order valence-corrected chi connectivity index (χ0v) is 11.6. The van der Waals surface area contributed by atoms with E-state index in [4.69, 9.17) is 4.74 Å². The topological polar surface area (TPSA) is 49.8 Å². The van der Waals surface area contributed by atoms with Crippen molar-refractivity contribution in [3.05, 3.63) is 71.8 Å². The number of nitrogens with zero attached hydrogens (tertiary/aromatic N) is 1. The number of hydrogen-bond acceptors (Lipinski definition) is 3. The lowest BCUT2D eigenvalue weighted by molar-refractivity contribution is 0.0827. The summed E-state index contributed by atoms with van der Waals surface area (Å²) >= 11 is 0. The standard InChI is InChI=1S/C17H17NO3/c19-12-15-16(14-9-5-2-6-10-14)18(17(20)21-15)11-13-7-3-1-4-8-13/h1-10,15-16,19H,11-12H2/t15-,16-/m0/s1. The van der Waals surface area contributed by atoms with Crippen molar-refractivity contribution in [3.63, 3.8) is 0 Å². The van der Waals surface area contributed by atoms with Crippen molar-refractivity contribution in [1.82, 2.24) is 4.90 Å². The van der Waals surface area contributed by atoms with Gasteiger partial charge in [-0.05, 0) is 11.1 Å². The van der Waals surface area contributed by atoms with Crippen LogP contribution in [0, 0.1) is 0 Å². The van der Waals surface area contributed by atoms with Crippen LogP contribution in [0.3, 0.4) is 0 Å². The van der Waals surface area contributed by atoms with Crippen LogP contribution in [0.5, 0.6) is 0 Å². The first-order valence-corrected chi connectivity index (χ1v) is 6.96. The van der Waals surface area contributed by atoms with Crippen LogP contribution in [0.2, 0.25) is 0 Å². The Morgan fingerprint density at radius 1 is 1.00 bits per heavy atom. The van der Waals surface area contributed by atoms with E-state index in [1.807, 2.05) is 60.7 Å².